The van der Waals surface area contributed by atoms with Crippen LogP contribution in [0.3, 0.4) is 0 Å². The number of carbonyl (C=O) groups is 2. The lowest BCUT2D eigenvalue weighted by molar-refractivity contribution is 0.0731. The summed E-state index contributed by atoms with van der Waals surface area (Å²) in [6.07, 6.45) is 3.12. The molecule has 0 N–H and O–H groups in total. The molecule has 0 spiro atoms. The minimum absolute atomic E-state index is 0.00278. The van der Waals surface area contributed by atoms with Crippen molar-refractivity contribution < 1.29 is 14.0 Å². The van der Waals surface area contributed by atoms with Crippen LogP contribution in [-0.4, -0.2) is 27.7 Å². The molecule has 38 heavy (non-hydrogen) atoms. The number of ketones is 1. The number of hydrogen-bond acceptors (Lipinski definition) is 4. The number of pyridine rings is 1. The Morgan fingerprint density at radius 3 is 2.39 bits per heavy atom. The highest BCUT2D eigenvalue weighted by Crippen LogP contribution is 2.35. The minimum atomic E-state index is -0.413. The molecule has 4 aromatic rings. The summed E-state index contributed by atoms with van der Waals surface area (Å²) in [5, 5.41) is 0. The Morgan fingerprint density at radius 2 is 1.71 bits per heavy atom. The number of aryl methyl sites for hydroxylation is 1. The van der Waals surface area contributed by atoms with E-state index in [1.54, 1.807) is 21.8 Å². The van der Waals surface area contributed by atoms with E-state index < -0.39 is 11.5 Å². The van der Waals surface area contributed by atoms with Crippen LogP contribution in [0.2, 0.25) is 0 Å². The Hall–Kier alpha value is -4.19. The molecule has 0 aliphatic heterocycles. The van der Waals surface area contributed by atoms with E-state index in [1.165, 1.54) is 6.07 Å². The summed E-state index contributed by atoms with van der Waals surface area (Å²) in [4.78, 5) is 43.0. The average molecular weight is 509 g/mol. The number of furan rings is 1. The van der Waals surface area contributed by atoms with Crippen LogP contribution in [0.1, 0.15) is 63.6 Å². The summed E-state index contributed by atoms with van der Waals surface area (Å²) < 4.78 is 7.11. The Balaban J connectivity index is 1.61. The number of benzene rings is 2. The number of amides is 1. The van der Waals surface area contributed by atoms with Crippen molar-refractivity contribution in [2.24, 2.45) is 5.41 Å². The molecule has 0 bridgehead atoms. The van der Waals surface area contributed by atoms with E-state index in [4.69, 9.17) is 4.42 Å². The third-order valence-electron chi connectivity index (χ3n) is 7.14. The second kappa shape index (κ2) is 10.3. The standard InChI is InChI=1S/C32H32N2O4/c1-22-11-13-24(14-12-22)34-28-19-32(2,3)20-29(35)26(28)18-27(31(34)37)30(36)33(21-25-10-7-17-38-25)16-15-23-8-5-4-6-9-23/h4-14,17-18H,15-16,19-21H2,1-3H3. The van der Waals surface area contributed by atoms with Gasteiger partial charge in [0.25, 0.3) is 11.5 Å². The highest BCUT2D eigenvalue weighted by Gasteiger charge is 2.35. The number of rotatable bonds is 7. The first-order valence-corrected chi connectivity index (χ1v) is 13.0. The zero-order valence-corrected chi connectivity index (χ0v) is 22.1. The number of Topliss-reactive ketones (excluding diaryl/α,β-unsaturated/α-hetero) is 1. The molecule has 1 aliphatic carbocycles. The molecule has 194 valence electrons. The van der Waals surface area contributed by atoms with Crippen molar-refractivity contribution in [2.75, 3.05) is 6.54 Å². The molecule has 2 aromatic heterocycles. The number of carbonyl (C=O) groups excluding carboxylic acids is 2. The van der Waals surface area contributed by atoms with E-state index in [-0.39, 0.29) is 23.3 Å². The molecule has 0 fully saturated rings. The molecule has 6 nitrogen and oxygen atoms in total. The van der Waals surface area contributed by atoms with Gasteiger partial charge in [0.05, 0.1) is 12.8 Å². The van der Waals surface area contributed by atoms with Gasteiger partial charge in [-0.1, -0.05) is 61.9 Å². The fourth-order valence-electron chi connectivity index (χ4n) is 5.16. The zero-order chi connectivity index (χ0) is 26.9. The molecule has 6 heteroatoms. The first-order chi connectivity index (χ1) is 18.2. The van der Waals surface area contributed by atoms with Crippen LogP contribution in [0.4, 0.5) is 0 Å². The normalized spacial score (nSPS) is 14.2. The second-order valence-corrected chi connectivity index (χ2v) is 10.9. The highest BCUT2D eigenvalue weighted by atomic mass is 16.3. The molecule has 1 aliphatic rings. The molecule has 2 aromatic carbocycles. The van der Waals surface area contributed by atoms with E-state index in [0.29, 0.717) is 48.5 Å². The Morgan fingerprint density at radius 1 is 0.974 bits per heavy atom. The molecule has 1 amide bonds. The van der Waals surface area contributed by atoms with Crippen LogP contribution >= 0.6 is 0 Å². The fraction of sp³-hybridized carbons (Fsp3) is 0.281. The Bertz CT molecular complexity index is 1510. The summed E-state index contributed by atoms with van der Waals surface area (Å²) in [5.41, 5.74) is 3.22. The zero-order valence-electron chi connectivity index (χ0n) is 22.1. The number of fused-ring (bicyclic) bond motifs is 1. The maximum Gasteiger partial charge on any atom is 0.268 e. The first kappa shape index (κ1) is 25.5. The van der Waals surface area contributed by atoms with E-state index in [1.807, 2.05) is 81.4 Å². The van der Waals surface area contributed by atoms with Crippen LogP contribution in [0, 0.1) is 12.3 Å². The van der Waals surface area contributed by atoms with Crippen molar-refractivity contribution in [1.82, 2.24) is 9.47 Å². The molecular formula is C32H32N2O4. The minimum Gasteiger partial charge on any atom is -0.467 e. The van der Waals surface area contributed by atoms with Gasteiger partial charge < -0.3 is 9.32 Å². The summed E-state index contributed by atoms with van der Waals surface area (Å²) in [5.74, 6) is 0.165. The van der Waals surface area contributed by atoms with Gasteiger partial charge >= 0.3 is 0 Å². The van der Waals surface area contributed by atoms with Crippen LogP contribution in [0.15, 0.2) is 88.3 Å². The maximum atomic E-state index is 14.0. The van der Waals surface area contributed by atoms with Crippen molar-refractivity contribution in [3.8, 4) is 5.69 Å². The number of nitrogens with zero attached hydrogens (tertiary/aromatic N) is 2. The quantitative estimate of drug-likeness (QED) is 0.317. The molecule has 0 unspecified atom stereocenters. The van der Waals surface area contributed by atoms with Gasteiger partial charge in [0.1, 0.15) is 11.3 Å². The van der Waals surface area contributed by atoms with Gasteiger partial charge in [-0.05, 0) is 61.1 Å². The van der Waals surface area contributed by atoms with Gasteiger partial charge in [-0.3, -0.25) is 19.0 Å². The van der Waals surface area contributed by atoms with Gasteiger partial charge in [-0.15, -0.1) is 0 Å². The molecule has 0 saturated heterocycles. The summed E-state index contributed by atoms with van der Waals surface area (Å²) in [6.45, 7) is 6.66. The lowest BCUT2D eigenvalue weighted by atomic mass is 9.75. The van der Waals surface area contributed by atoms with Gasteiger partial charge in [-0.2, -0.15) is 0 Å². The van der Waals surface area contributed by atoms with Crippen LogP contribution < -0.4 is 5.56 Å². The largest absolute Gasteiger partial charge is 0.467 e. The van der Waals surface area contributed by atoms with Crippen molar-refractivity contribution in [2.45, 2.75) is 46.6 Å². The predicted octanol–water partition coefficient (Wildman–Crippen LogP) is 5.78. The predicted molar refractivity (Wildman–Crippen MR) is 147 cm³/mol. The summed E-state index contributed by atoms with van der Waals surface area (Å²) >= 11 is 0. The monoisotopic (exact) mass is 508 g/mol. The first-order valence-electron chi connectivity index (χ1n) is 13.0. The third kappa shape index (κ3) is 5.25. The number of aromatic nitrogens is 1. The fourth-order valence-corrected chi connectivity index (χ4v) is 5.16. The maximum absolute atomic E-state index is 14.0. The Kier molecular flexibility index (Phi) is 6.89. The van der Waals surface area contributed by atoms with Crippen LogP contribution in [0.25, 0.3) is 5.69 Å². The second-order valence-electron chi connectivity index (χ2n) is 10.9. The summed E-state index contributed by atoms with van der Waals surface area (Å²) in [6, 6.07) is 22.6. The van der Waals surface area contributed by atoms with Gasteiger partial charge in [0.2, 0.25) is 0 Å². The average Bonchev–Trinajstić information content (AvgIpc) is 3.40. The SMILES string of the molecule is Cc1ccc(-n2c3c(cc(C(=O)N(CCc4ccccc4)Cc4ccco4)c2=O)C(=O)CC(C)(C)C3)cc1. The smallest absolute Gasteiger partial charge is 0.268 e. The van der Waals surface area contributed by atoms with Crippen molar-refractivity contribution in [3.05, 3.63) is 123 Å². The topological polar surface area (TPSA) is 72.5 Å². The lowest BCUT2D eigenvalue weighted by Gasteiger charge is -2.32. The third-order valence-corrected chi connectivity index (χ3v) is 7.14. The molecule has 0 saturated carbocycles. The number of hydrogen-bond donors (Lipinski definition) is 0. The molecule has 0 atom stereocenters. The van der Waals surface area contributed by atoms with E-state index in [2.05, 4.69) is 0 Å². The van der Waals surface area contributed by atoms with Gasteiger partial charge in [0.15, 0.2) is 5.78 Å². The molecular weight excluding hydrogens is 476 g/mol. The van der Waals surface area contributed by atoms with Crippen molar-refractivity contribution in [3.63, 3.8) is 0 Å². The van der Waals surface area contributed by atoms with E-state index in [0.717, 1.165) is 11.1 Å². The molecule has 5 rings (SSSR count). The van der Waals surface area contributed by atoms with E-state index >= 15 is 0 Å². The van der Waals surface area contributed by atoms with Crippen molar-refractivity contribution in [1.29, 1.82) is 0 Å². The van der Waals surface area contributed by atoms with Gasteiger partial charge in [-0.25, -0.2) is 0 Å². The molecule has 0 radical (unpaired) electrons. The van der Waals surface area contributed by atoms with Gasteiger partial charge in [0, 0.05) is 29.9 Å². The summed E-state index contributed by atoms with van der Waals surface area (Å²) in [7, 11) is 0. The highest BCUT2D eigenvalue weighted by molar-refractivity contribution is 6.02. The Labute approximate surface area is 222 Å². The van der Waals surface area contributed by atoms with Crippen molar-refractivity contribution >= 4 is 11.7 Å². The molecule has 2 heterocycles. The van der Waals surface area contributed by atoms with Crippen LogP contribution in [-0.2, 0) is 19.4 Å². The van der Waals surface area contributed by atoms with Crippen LogP contribution in [0.5, 0.6) is 0 Å². The lowest BCUT2D eigenvalue weighted by Crippen LogP contribution is -2.40. The van der Waals surface area contributed by atoms with E-state index in [9.17, 15) is 14.4 Å².